The van der Waals surface area contributed by atoms with Crippen LogP contribution in [0.3, 0.4) is 0 Å². The Morgan fingerprint density at radius 3 is 1.97 bits per heavy atom. The minimum atomic E-state index is -1.41. The average Bonchev–Trinajstić information content (AvgIpc) is 3.25. The first kappa shape index (κ1) is 22.4. The highest BCUT2D eigenvalue weighted by molar-refractivity contribution is 5.63. The zero-order valence-corrected chi connectivity index (χ0v) is 18.7. The predicted octanol–water partition coefficient (Wildman–Crippen LogP) is 8.73. The molecule has 2 unspecified atom stereocenters. The van der Waals surface area contributed by atoms with E-state index in [0.717, 1.165) is 42.2 Å². The fourth-order valence-electron chi connectivity index (χ4n) is 6.12. The van der Waals surface area contributed by atoms with Crippen molar-refractivity contribution in [2.45, 2.75) is 77.6 Å². The summed E-state index contributed by atoms with van der Waals surface area (Å²) in [6, 6.07) is 9.94. The lowest BCUT2D eigenvalue weighted by Gasteiger charge is -2.32. The van der Waals surface area contributed by atoms with Crippen LogP contribution in [0.4, 0.5) is 13.2 Å². The molecule has 0 saturated heterocycles. The second kappa shape index (κ2) is 10.2. The molecule has 2 atom stereocenters. The van der Waals surface area contributed by atoms with E-state index in [-0.39, 0.29) is 0 Å². The molecule has 0 spiro atoms. The fourth-order valence-corrected chi connectivity index (χ4v) is 6.12. The molecule has 0 N–H and O–H groups in total. The zero-order chi connectivity index (χ0) is 21.8. The lowest BCUT2D eigenvalue weighted by Crippen LogP contribution is -2.21. The third-order valence-electron chi connectivity index (χ3n) is 7.95. The van der Waals surface area contributed by atoms with E-state index in [4.69, 9.17) is 0 Å². The zero-order valence-electron chi connectivity index (χ0n) is 18.7. The lowest BCUT2D eigenvalue weighted by molar-refractivity contribution is 0.196. The van der Waals surface area contributed by atoms with Crippen LogP contribution >= 0.6 is 0 Å². The normalized spacial score (nSPS) is 26.3. The molecule has 0 radical (unpaired) electrons. The second-order valence-electron chi connectivity index (χ2n) is 10.00. The number of halogens is 3. The van der Waals surface area contributed by atoms with Gasteiger partial charge in [-0.25, -0.2) is 13.2 Å². The summed E-state index contributed by atoms with van der Waals surface area (Å²) in [6.45, 7) is 2.31. The highest BCUT2D eigenvalue weighted by Crippen LogP contribution is 2.44. The van der Waals surface area contributed by atoms with Gasteiger partial charge in [-0.15, -0.1) is 0 Å². The highest BCUT2D eigenvalue weighted by Gasteiger charge is 2.32. The van der Waals surface area contributed by atoms with Crippen molar-refractivity contribution in [3.8, 4) is 11.1 Å². The van der Waals surface area contributed by atoms with Gasteiger partial charge in [0.25, 0.3) is 0 Å². The first-order valence-electron chi connectivity index (χ1n) is 12.3. The smallest absolute Gasteiger partial charge is 0.194 e. The van der Waals surface area contributed by atoms with Crippen LogP contribution in [0, 0.1) is 41.1 Å². The molecule has 2 aromatic rings. The summed E-state index contributed by atoms with van der Waals surface area (Å²) >= 11 is 0. The van der Waals surface area contributed by atoms with Gasteiger partial charge in [0, 0.05) is 0 Å². The molecule has 2 fully saturated rings. The summed E-state index contributed by atoms with van der Waals surface area (Å²) in [5.41, 5.74) is 2.33. The van der Waals surface area contributed by atoms with Crippen LogP contribution < -0.4 is 0 Å². The molecule has 0 amide bonds. The largest absolute Gasteiger partial charge is 0.204 e. The van der Waals surface area contributed by atoms with Crippen LogP contribution in [-0.4, -0.2) is 0 Å². The van der Waals surface area contributed by atoms with Gasteiger partial charge in [0.15, 0.2) is 17.5 Å². The van der Waals surface area contributed by atoms with Crippen molar-refractivity contribution in [1.82, 2.24) is 0 Å². The van der Waals surface area contributed by atoms with Crippen molar-refractivity contribution >= 4 is 0 Å². The first-order chi connectivity index (χ1) is 15.0. The minimum absolute atomic E-state index is 0.370. The monoisotopic (exact) mass is 428 g/mol. The van der Waals surface area contributed by atoms with Gasteiger partial charge in [0.1, 0.15) is 0 Å². The highest BCUT2D eigenvalue weighted by atomic mass is 19.2. The van der Waals surface area contributed by atoms with Crippen molar-refractivity contribution < 1.29 is 13.2 Å². The van der Waals surface area contributed by atoms with Crippen LogP contribution in [-0.2, 0) is 6.42 Å². The van der Waals surface area contributed by atoms with Crippen LogP contribution in [0.1, 0.15) is 76.7 Å². The summed E-state index contributed by atoms with van der Waals surface area (Å²) in [4.78, 5) is 0. The van der Waals surface area contributed by atoms with E-state index in [1.807, 2.05) is 24.3 Å². The van der Waals surface area contributed by atoms with E-state index in [9.17, 15) is 13.2 Å². The molecule has 0 bridgehead atoms. The molecule has 168 valence electrons. The molecule has 0 aromatic heterocycles. The van der Waals surface area contributed by atoms with Gasteiger partial charge in [-0.05, 0) is 91.0 Å². The number of benzene rings is 2. The van der Waals surface area contributed by atoms with Crippen molar-refractivity contribution in [2.24, 2.45) is 23.7 Å². The van der Waals surface area contributed by atoms with Crippen LogP contribution in [0.25, 0.3) is 11.1 Å². The fraction of sp³-hybridized carbons (Fsp3) is 0.571. The summed E-state index contributed by atoms with van der Waals surface area (Å²) in [5.74, 6) is 0.0767. The van der Waals surface area contributed by atoms with Gasteiger partial charge in [-0.1, -0.05) is 63.3 Å². The third kappa shape index (κ3) is 5.54. The van der Waals surface area contributed by atoms with Gasteiger partial charge >= 0.3 is 0 Å². The van der Waals surface area contributed by atoms with Gasteiger partial charge in [-0.2, -0.15) is 0 Å². The SMILES string of the molecule is CCCC1CCC(C2CCC(CCc3ccc(-c4cc(F)c(F)c(F)c4)cc3)CC2)C1. The molecular formula is C28H35F3. The standard InChI is InChI=1S/C28H35F3/c1-2-3-21-10-15-24(16-21)22-11-6-19(7-12-22)4-5-20-8-13-23(14-9-20)25-17-26(29)28(31)27(30)18-25/h8-9,13-14,17-19,21-22,24H,2-7,10-12,15-16H2,1H3. The van der Waals surface area contributed by atoms with Crippen LogP contribution in [0.5, 0.6) is 0 Å². The number of aryl methyl sites for hydroxylation is 1. The third-order valence-corrected chi connectivity index (χ3v) is 7.95. The molecule has 0 heterocycles. The Balaban J connectivity index is 1.24. The Hall–Kier alpha value is -1.77. The predicted molar refractivity (Wildman–Crippen MR) is 121 cm³/mol. The summed E-state index contributed by atoms with van der Waals surface area (Å²) < 4.78 is 40.2. The Morgan fingerprint density at radius 2 is 1.32 bits per heavy atom. The summed E-state index contributed by atoms with van der Waals surface area (Å²) in [6.07, 6.45) is 15.0. The van der Waals surface area contributed by atoms with Gasteiger partial charge < -0.3 is 0 Å². The Bertz CT molecular complexity index is 826. The van der Waals surface area contributed by atoms with Gasteiger partial charge in [-0.3, -0.25) is 0 Å². The summed E-state index contributed by atoms with van der Waals surface area (Å²) in [7, 11) is 0. The average molecular weight is 429 g/mol. The molecule has 2 saturated carbocycles. The molecule has 31 heavy (non-hydrogen) atoms. The van der Waals surface area contributed by atoms with Gasteiger partial charge in [0.2, 0.25) is 0 Å². The maximum Gasteiger partial charge on any atom is 0.194 e. The summed E-state index contributed by atoms with van der Waals surface area (Å²) in [5, 5.41) is 0. The Morgan fingerprint density at radius 1 is 0.710 bits per heavy atom. The van der Waals surface area contributed by atoms with E-state index in [0.29, 0.717) is 11.1 Å². The Labute approximate surface area is 185 Å². The van der Waals surface area contributed by atoms with Crippen molar-refractivity contribution in [1.29, 1.82) is 0 Å². The number of hydrogen-bond donors (Lipinski definition) is 0. The maximum absolute atomic E-state index is 13.5. The molecule has 3 heteroatoms. The van der Waals surface area contributed by atoms with E-state index >= 15 is 0 Å². The molecule has 0 aliphatic heterocycles. The number of rotatable bonds is 7. The van der Waals surface area contributed by atoms with E-state index in [2.05, 4.69) is 6.92 Å². The van der Waals surface area contributed by atoms with Crippen LogP contribution in [0.15, 0.2) is 36.4 Å². The first-order valence-corrected chi connectivity index (χ1v) is 12.3. The van der Waals surface area contributed by atoms with Crippen LogP contribution in [0.2, 0.25) is 0 Å². The molecule has 0 nitrogen and oxygen atoms in total. The van der Waals surface area contributed by atoms with E-state index in [1.54, 1.807) is 0 Å². The van der Waals surface area contributed by atoms with Crippen molar-refractivity contribution in [3.05, 3.63) is 59.4 Å². The van der Waals surface area contributed by atoms with E-state index in [1.165, 1.54) is 69.8 Å². The molecule has 4 rings (SSSR count). The molecule has 2 aromatic carbocycles. The second-order valence-corrected chi connectivity index (χ2v) is 10.00. The molecule has 2 aliphatic carbocycles. The lowest BCUT2D eigenvalue weighted by atomic mass is 9.73. The topological polar surface area (TPSA) is 0 Å². The Kier molecular flexibility index (Phi) is 7.40. The van der Waals surface area contributed by atoms with Crippen molar-refractivity contribution in [3.63, 3.8) is 0 Å². The quantitative estimate of drug-likeness (QED) is 0.387. The maximum atomic E-state index is 13.5. The molecular weight excluding hydrogens is 393 g/mol. The number of hydrogen-bond acceptors (Lipinski definition) is 0. The van der Waals surface area contributed by atoms with Crippen molar-refractivity contribution in [2.75, 3.05) is 0 Å². The van der Waals surface area contributed by atoms with Gasteiger partial charge in [0.05, 0.1) is 0 Å². The van der Waals surface area contributed by atoms with E-state index < -0.39 is 17.5 Å². The molecule has 2 aliphatic rings. The minimum Gasteiger partial charge on any atom is -0.204 e.